The van der Waals surface area contributed by atoms with Crippen LogP contribution >= 0.6 is 0 Å². The van der Waals surface area contributed by atoms with E-state index < -0.39 is 6.17 Å². The molecule has 0 heterocycles. The molecule has 3 aliphatic rings. The summed E-state index contributed by atoms with van der Waals surface area (Å²) in [6, 6.07) is 0. The first-order chi connectivity index (χ1) is 11.1. The third-order valence-electron chi connectivity index (χ3n) is 7.91. The van der Waals surface area contributed by atoms with Gasteiger partial charge < -0.3 is 0 Å². The molecule has 3 fully saturated rings. The van der Waals surface area contributed by atoms with Crippen molar-refractivity contribution in [3.05, 3.63) is 0 Å². The molecular weight excluding hydrogens is 283 g/mol. The van der Waals surface area contributed by atoms with Gasteiger partial charge in [0.05, 0.1) is 0 Å². The second kappa shape index (κ2) is 7.44. The lowest BCUT2D eigenvalue weighted by molar-refractivity contribution is -0.184. The SMILES string of the molecule is CCCCC1CC[C@]2(CC1)C[C@@]1(CCC(CCCC)CC1)C2F. The highest BCUT2D eigenvalue weighted by atomic mass is 19.1. The summed E-state index contributed by atoms with van der Waals surface area (Å²) in [5.41, 5.74) is 0.248. The van der Waals surface area contributed by atoms with E-state index in [4.69, 9.17) is 0 Å². The molecule has 0 atom stereocenters. The van der Waals surface area contributed by atoms with Gasteiger partial charge >= 0.3 is 0 Å². The van der Waals surface area contributed by atoms with Crippen molar-refractivity contribution in [2.45, 2.75) is 116 Å². The van der Waals surface area contributed by atoms with E-state index in [0.29, 0.717) is 0 Å². The van der Waals surface area contributed by atoms with Gasteiger partial charge in [0.1, 0.15) is 6.17 Å². The van der Waals surface area contributed by atoms with Crippen molar-refractivity contribution in [2.24, 2.45) is 22.7 Å². The molecule has 0 aromatic carbocycles. The number of hydrogen-bond acceptors (Lipinski definition) is 0. The maximum atomic E-state index is 15.4. The maximum absolute atomic E-state index is 15.4. The summed E-state index contributed by atoms with van der Waals surface area (Å²) in [6.45, 7) is 4.57. The zero-order chi connectivity index (χ0) is 16.3. The van der Waals surface area contributed by atoms with Gasteiger partial charge in [-0.2, -0.15) is 0 Å². The van der Waals surface area contributed by atoms with E-state index in [1.165, 1.54) is 96.3 Å². The van der Waals surface area contributed by atoms with Gasteiger partial charge in [0.15, 0.2) is 0 Å². The zero-order valence-corrected chi connectivity index (χ0v) is 15.7. The molecule has 0 aromatic heterocycles. The Balaban J connectivity index is 1.46. The Kier molecular flexibility index (Phi) is 5.74. The smallest absolute Gasteiger partial charge is 0.111 e. The third kappa shape index (κ3) is 3.49. The molecule has 0 saturated heterocycles. The molecule has 23 heavy (non-hydrogen) atoms. The average molecular weight is 323 g/mol. The Bertz CT molecular complexity index is 324. The molecular formula is C22H39F. The highest BCUT2D eigenvalue weighted by Crippen LogP contribution is 2.68. The number of hydrogen-bond donors (Lipinski definition) is 0. The highest BCUT2D eigenvalue weighted by molar-refractivity contribution is 5.13. The predicted molar refractivity (Wildman–Crippen MR) is 97.3 cm³/mol. The van der Waals surface area contributed by atoms with Crippen LogP contribution in [0.15, 0.2) is 0 Å². The fourth-order valence-electron chi connectivity index (χ4n) is 6.33. The standard InChI is InChI=1S/C22H39F/c1-3-5-7-18-9-13-21(14-10-18)17-22(20(21)23)15-11-19(12-16-22)8-6-4-2/h18-20H,3-17H2,1-2H3/t18?,19?,20?,21-,22-. The van der Waals surface area contributed by atoms with Crippen molar-refractivity contribution in [1.29, 1.82) is 0 Å². The van der Waals surface area contributed by atoms with E-state index in [2.05, 4.69) is 13.8 Å². The van der Waals surface area contributed by atoms with Crippen LogP contribution in [0.2, 0.25) is 0 Å². The van der Waals surface area contributed by atoms with Crippen LogP contribution in [0.5, 0.6) is 0 Å². The van der Waals surface area contributed by atoms with Gasteiger partial charge in [0.2, 0.25) is 0 Å². The summed E-state index contributed by atoms with van der Waals surface area (Å²) in [6.07, 6.45) is 19.0. The van der Waals surface area contributed by atoms with Crippen LogP contribution in [0.3, 0.4) is 0 Å². The molecule has 0 radical (unpaired) electrons. The quantitative estimate of drug-likeness (QED) is 0.476. The Morgan fingerprint density at radius 3 is 1.43 bits per heavy atom. The Morgan fingerprint density at radius 1 is 0.739 bits per heavy atom. The van der Waals surface area contributed by atoms with E-state index >= 15 is 4.39 Å². The lowest BCUT2D eigenvalue weighted by Gasteiger charge is -2.63. The van der Waals surface area contributed by atoms with E-state index in [9.17, 15) is 0 Å². The molecule has 0 N–H and O–H groups in total. The fraction of sp³-hybridized carbons (Fsp3) is 1.00. The molecule has 0 bridgehead atoms. The monoisotopic (exact) mass is 322 g/mol. The molecule has 3 saturated carbocycles. The van der Waals surface area contributed by atoms with Crippen molar-refractivity contribution in [1.82, 2.24) is 0 Å². The number of unbranched alkanes of at least 4 members (excludes halogenated alkanes) is 2. The second-order valence-electron chi connectivity index (χ2n) is 9.44. The van der Waals surface area contributed by atoms with Crippen molar-refractivity contribution < 1.29 is 4.39 Å². The zero-order valence-electron chi connectivity index (χ0n) is 15.7. The summed E-state index contributed by atoms with van der Waals surface area (Å²) in [4.78, 5) is 0. The molecule has 2 spiro atoms. The summed E-state index contributed by atoms with van der Waals surface area (Å²) in [5, 5.41) is 0. The van der Waals surface area contributed by atoms with Crippen molar-refractivity contribution in [3.8, 4) is 0 Å². The first-order valence-electron chi connectivity index (χ1n) is 10.8. The molecule has 134 valence electrons. The molecule has 0 unspecified atom stereocenters. The van der Waals surface area contributed by atoms with Crippen molar-refractivity contribution in [2.75, 3.05) is 0 Å². The first kappa shape index (κ1) is 17.7. The lowest BCUT2D eigenvalue weighted by atomic mass is 9.42. The predicted octanol–water partition coefficient (Wildman–Crippen LogP) is 7.46. The van der Waals surface area contributed by atoms with Crippen molar-refractivity contribution in [3.63, 3.8) is 0 Å². The molecule has 0 aliphatic heterocycles. The second-order valence-corrected chi connectivity index (χ2v) is 9.44. The van der Waals surface area contributed by atoms with Crippen LogP contribution in [0.25, 0.3) is 0 Å². The van der Waals surface area contributed by atoms with Gasteiger partial charge in [-0.15, -0.1) is 0 Å². The summed E-state index contributed by atoms with van der Waals surface area (Å²) in [7, 11) is 0. The van der Waals surface area contributed by atoms with Gasteiger partial charge in [-0.3, -0.25) is 0 Å². The first-order valence-corrected chi connectivity index (χ1v) is 10.8. The third-order valence-corrected chi connectivity index (χ3v) is 7.91. The van der Waals surface area contributed by atoms with Gasteiger partial charge in [0, 0.05) is 10.8 Å². The Morgan fingerprint density at radius 2 is 1.13 bits per heavy atom. The molecule has 3 rings (SSSR count). The fourth-order valence-corrected chi connectivity index (χ4v) is 6.33. The van der Waals surface area contributed by atoms with E-state index in [1.807, 2.05) is 0 Å². The number of rotatable bonds is 6. The van der Waals surface area contributed by atoms with Gasteiger partial charge in [-0.05, 0) is 69.6 Å². The summed E-state index contributed by atoms with van der Waals surface area (Å²) >= 11 is 0. The van der Waals surface area contributed by atoms with Crippen LogP contribution in [0.1, 0.15) is 110 Å². The highest BCUT2D eigenvalue weighted by Gasteiger charge is 2.64. The molecule has 1 heteroatoms. The topological polar surface area (TPSA) is 0 Å². The van der Waals surface area contributed by atoms with Gasteiger partial charge in [0.25, 0.3) is 0 Å². The number of halogens is 1. The van der Waals surface area contributed by atoms with E-state index in [-0.39, 0.29) is 10.8 Å². The van der Waals surface area contributed by atoms with Crippen LogP contribution in [0, 0.1) is 22.7 Å². The average Bonchev–Trinajstić information content (AvgIpc) is 2.60. The van der Waals surface area contributed by atoms with Gasteiger partial charge in [-0.25, -0.2) is 4.39 Å². The molecule has 0 nitrogen and oxygen atoms in total. The van der Waals surface area contributed by atoms with Crippen LogP contribution in [-0.4, -0.2) is 6.17 Å². The Labute approximate surface area is 144 Å². The lowest BCUT2D eigenvalue weighted by Crippen LogP contribution is -2.60. The summed E-state index contributed by atoms with van der Waals surface area (Å²) < 4.78 is 15.4. The van der Waals surface area contributed by atoms with Crippen LogP contribution < -0.4 is 0 Å². The Hall–Kier alpha value is -0.0700. The molecule has 0 amide bonds. The minimum absolute atomic E-state index is 0.124. The van der Waals surface area contributed by atoms with Crippen LogP contribution in [0.4, 0.5) is 4.39 Å². The van der Waals surface area contributed by atoms with E-state index in [1.54, 1.807) is 0 Å². The van der Waals surface area contributed by atoms with Crippen molar-refractivity contribution >= 4 is 0 Å². The minimum atomic E-state index is -0.464. The maximum Gasteiger partial charge on any atom is 0.111 e. The molecule has 3 aliphatic carbocycles. The minimum Gasteiger partial charge on any atom is -0.246 e. The molecule has 0 aromatic rings. The van der Waals surface area contributed by atoms with Gasteiger partial charge in [-0.1, -0.05) is 52.4 Å². The largest absolute Gasteiger partial charge is 0.246 e. The summed E-state index contributed by atoms with van der Waals surface area (Å²) in [5.74, 6) is 1.82. The van der Waals surface area contributed by atoms with Crippen LogP contribution in [-0.2, 0) is 0 Å². The normalized spacial score (nSPS) is 43.7. The van der Waals surface area contributed by atoms with E-state index in [0.717, 1.165) is 11.8 Å². The number of alkyl halides is 1.